The number of nitrogens with zero attached hydrogens (tertiary/aromatic N) is 3. The number of hydrogen-bond acceptors (Lipinski definition) is 6. The molecule has 0 aliphatic carbocycles. The normalized spacial score (nSPS) is 17.4. The van der Waals surface area contributed by atoms with E-state index in [2.05, 4.69) is 28.3 Å². The maximum Gasteiger partial charge on any atom is 0.339 e. The van der Waals surface area contributed by atoms with Crippen LogP contribution in [0.3, 0.4) is 0 Å². The molecule has 0 fully saturated rings. The van der Waals surface area contributed by atoms with Crippen LogP contribution in [0.15, 0.2) is 60.9 Å². The van der Waals surface area contributed by atoms with Gasteiger partial charge < -0.3 is 15.0 Å². The first-order valence-corrected chi connectivity index (χ1v) is 10.7. The van der Waals surface area contributed by atoms with Gasteiger partial charge in [0.2, 0.25) is 5.91 Å². The van der Waals surface area contributed by atoms with Gasteiger partial charge in [0.1, 0.15) is 5.82 Å². The summed E-state index contributed by atoms with van der Waals surface area (Å²) in [6, 6.07) is 15.3. The van der Waals surface area contributed by atoms with Gasteiger partial charge in [-0.3, -0.25) is 9.78 Å². The third kappa shape index (κ3) is 4.32. The fourth-order valence-electron chi connectivity index (χ4n) is 4.17. The van der Waals surface area contributed by atoms with Gasteiger partial charge in [-0.1, -0.05) is 12.1 Å². The number of benzene rings is 1. The van der Waals surface area contributed by atoms with Crippen molar-refractivity contribution in [2.75, 3.05) is 16.8 Å². The lowest BCUT2D eigenvalue weighted by Gasteiger charge is -2.39. The Morgan fingerprint density at radius 2 is 2.00 bits per heavy atom. The number of pyridine rings is 2. The molecule has 0 unspecified atom stereocenters. The fraction of sp³-hybridized carbons (Fsp3) is 0.280. The average Bonchev–Trinajstić information content (AvgIpc) is 2.79. The van der Waals surface area contributed by atoms with Gasteiger partial charge in [0.15, 0.2) is 0 Å². The van der Waals surface area contributed by atoms with E-state index >= 15 is 0 Å². The molecule has 0 radical (unpaired) electrons. The van der Waals surface area contributed by atoms with Gasteiger partial charge in [-0.15, -0.1) is 0 Å². The zero-order valence-electron chi connectivity index (χ0n) is 18.4. The second kappa shape index (κ2) is 9.18. The Bertz CT molecular complexity index is 1120. The number of amides is 1. The van der Waals surface area contributed by atoms with Crippen molar-refractivity contribution in [3.05, 3.63) is 72.1 Å². The molecule has 0 saturated heterocycles. The molecule has 7 heteroatoms. The lowest BCUT2D eigenvalue weighted by Crippen LogP contribution is -2.43. The molecule has 32 heavy (non-hydrogen) atoms. The maximum atomic E-state index is 12.4. The van der Waals surface area contributed by atoms with Gasteiger partial charge in [-0.2, -0.15) is 0 Å². The first kappa shape index (κ1) is 21.5. The summed E-state index contributed by atoms with van der Waals surface area (Å²) >= 11 is 0. The molecule has 0 saturated carbocycles. The number of carbonyl (C=O) groups excluding carboxylic acids is 2. The summed E-state index contributed by atoms with van der Waals surface area (Å²) in [5, 5.41) is 3.51. The minimum Gasteiger partial charge on any atom is -0.462 e. The molecule has 1 amide bonds. The molecule has 0 bridgehead atoms. The number of aromatic nitrogens is 2. The van der Waals surface area contributed by atoms with Crippen molar-refractivity contribution in [3.8, 4) is 11.3 Å². The first-order chi connectivity index (χ1) is 15.5. The average molecular weight is 431 g/mol. The van der Waals surface area contributed by atoms with Gasteiger partial charge in [0.05, 0.1) is 23.9 Å². The molecular formula is C25H26N4O3. The Kier molecular flexibility index (Phi) is 6.16. The summed E-state index contributed by atoms with van der Waals surface area (Å²) in [6.07, 6.45) is 4.03. The van der Waals surface area contributed by atoms with Crippen molar-refractivity contribution in [2.45, 2.75) is 39.3 Å². The second-order valence-corrected chi connectivity index (χ2v) is 7.81. The Morgan fingerprint density at radius 3 is 2.66 bits per heavy atom. The van der Waals surface area contributed by atoms with Crippen LogP contribution in [-0.4, -0.2) is 34.5 Å². The van der Waals surface area contributed by atoms with E-state index < -0.39 is 0 Å². The van der Waals surface area contributed by atoms with Crippen LogP contribution >= 0.6 is 0 Å². The Hall–Kier alpha value is -3.74. The number of nitrogens with one attached hydrogen (secondary N) is 1. The molecule has 0 spiro atoms. The molecule has 4 rings (SSSR count). The maximum absolute atomic E-state index is 12.4. The van der Waals surface area contributed by atoms with Crippen LogP contribution in [0, 0.1) is 0 Å². The van der Waals surface area contributed by atoms with Crippen molar-refractivity contribution in [3.63, 3.8) is 0 Å². The van der Waals surface area contributed by atoms with Crippen LogP contribution in [0.25, 0.3) is 11.3 Å². The highest BCUT2D eigenvalue weighted by Gasteiger charge is 2.32. The number of ether oxygens (including phenoxy) is 1. The minimum atomic E-state index is -0.386. The van der Waals surface area contributed by atoms with Gasteiger partial charge in [0, 0.05) is 36.6 Å². The van der Waals surface area contributed by atoms with E-state index in [-0.39, 0.29) is 24.0 Å². The van der Waals surface area contributed by atoms with Crippen molar-refractivity contribution in [1.82, 2.24) is 9.97 Å². The van der Waals surface area contributed by atoms with E-state index in [1.165, 1.54) is 6.20 Å². The lowest BCUT2D eigenvalue weighted by atomic mass is 9.89. The van der Waals surface area contributed by atoms with Gasteiger partial charge >= 0.3 is 5.97 Å². The van der Waals surface area contributed by atoms with E-state index in [9.17, 15) is 9.59 Å². The number of hydrogen-bond donors (Lipinski definition) is 1. The highest BCUT2D eigenvalue weighted by Crippen LogP contribution is 2.40. The van der Waals surface area contributed by atoms with Gasteiger partial charge in [0.25, 0.3) is 0 Å². The molecule has 1 aliphatic heterocycles. The van der Waals surface area contributed by atoms with E-state index in [1.807, 2.05) is 41.3 Å². The molecule has 3 aromatic rings. The van der Waals surface area contributed by atoms with Crippen LogP contribution in [0.2, 0.25) is 0 Å². The van der Waals surface area contributed by atoms with Crippen LogP contribution in [0.4, 0.5) is 11.5 Å². The van der Waals surface area contributed by atoms with Gasteiger partial charge in [-0.25, -0.2) is 9.78 Å². The molecular weight excluding hydrogens is 404 g/mol. The quantitative estimate of drug-likeness (QED) is 0.595. The van der Waals surface area contributed by atoms with Crippen LogP contribution in [0.5, 0.6) is 0 Å². The predicted molar refractivity (Wildman–Crippen MR) is 123 cm³/mol. The number of rotatable bonds is 5. The first-order valence-electron chi connectivity index (χ1n) is 10.7. The zero-order chi connectivity index (χ0) is 22.7. The third-order valence-corrected chi connectivity index (χ3v) is 5.58. The number of carbonyl (C=O) groups is 2. The molecule has 2 aromatic heterocycles. The highest BCUT2D eigenvalue weighted by atomic mass is 16.5. The van der Waals surface area contributed by atoms with Crippen LogP contribution in [-0.2, 0) is 9.53 Å². The zero-order valence-corrected chi connectivity index (χ0v) is 18.4. The molecule has 7 nitrogen and oxygen atoms in total. The van der Waals surface area contributed by atoms with E-state index in [0.717, 1.165) is 34.7 Å². The SMILES string of the molecule is CCOC(=O)c1ccc(-c2ccc3c(c2)[C@H](Nc2ccccn2)C[C@@H](C)N3C(C)=O)nc1. The van der Waals surface area contributed by atoms with Crippen LogP contribution in [0.1, 0.15) is 49.2 Å². The monoisotopic (exact) mass is 430 g/mol. The molecule has 1 N–H and O–H groups in total. The molecule has 1 aliphatic rings. The molecule has 3 heterocycles. The van der Waals surface area contributed by atoms with E-state index in [0.29, 0.717) is 12.2 Å². The summed E-state index contributed by atoms with van der Waals surface area (Å²) < 4.78 is 5.03. The lowest BCUT2D eigenvalue weighted by molar-refractivity contribution is -0.117. The topological polar surface area (TPSA) is 84.4 Å². The summed E-state index contributed by atoms with van der Waals surface area (Å²) in [4.78, 5) is 35.0. The Morgan fingerprint density at radius 1 is 1.16 bits per heavy atom. The Labute approximate surface area is 187 Å². The van der Waals surface area contributed by atoms with Crippen molar-refractivity contribution >= 4 is 23.4 Å². The fourth-order valence-corrected chi connectivity index (χ4v) is 4.17. The second-order valence-electron chi connectivity index (χ2n) is 7.81. The highest BCUT2D eigenvalue weighted by molar-refractivity contribution is 5.94. The van der Waals surface area contributed by atoms with Crippen LogP contribution < -0.4 is 10.2 Å². The van der Waals surface area contributed by atoms with Crippen molar-refractivity contribution in [2.24, 2.45) is 0 Å². The summed E-state index contributed by atoms with van der Waals surface area (Å²) in [5.74, 6) is 0.414. The number of fused-ring (bicyclic) bond motifs is 1. The van der Waals surface area contributed by atoms with E-state index in [1.54, 1.807) is 26.1 Å². The Balaban J connectivity index is 1.71. The smallest absolute Gasteiger partial charge is 0.339 e. The predicted octanol–water partition coefficient (Wildman–Crippen LogP) is 4.62. The van der Waals surface area contributed by atoms with Crippen molar-refractivity contribution < 1.29 is 14.3 Å². The van der Waals surface area contributed by atoms with E-state index in [4.69, 9.17) is 4.74 Å². The summed E-state index contributed by atoms with van der Waals surface area (Å²) in [6.45, 7) is 5.74. The van der Waals surface area contributed by atoms with Crippen molar-refractivity contribution in [1.29, 1.82) is 0 Å². The molecule has 2 atom stereocenters. The standard InChI is InChI=1S/C25H26N4O3/c1-4-32-25(31)19-8-10-21(27-15-19)18-9-11-23-20(14-18)22(13-16(2)29(23)17(3)30)28-24-7-5-6-12-26-24/h5-12,14-16,22H,4,13H2,1-3H3,(H,26,28)/t16-,22-/m1/s1. The number of esters is 1. The number of anilines is 2. The molecule has 1 aromatic carbocycles. The molecule has 164 valence electrons. The minimum absolute atomic E-state index is 0.00995. The largest absolute Gasteiger partial charge is 0.462 e. The summed E-state index contributed by atoms with van der Waals surface area (Å²) in [7, 11) is 0. The summed E-state index contributed by atoms with van der Waals surface area (Å²) in [5.41, 5.74) is 3.96. The van der Waals surface area contributed by atoms with Gasteiger partial charge in [-0.05, 0) is 62.2 Å². The third-order valence-electron chi connectivity index (χ3n) is 5.58.